The number of aromatic amines is 1. The van der Waals surface area contributed by atoms with E-state index in [0.29, 0.717) is 12.3 Å². The number of rotatable bonds is 9. The zero-order valence-electron chi connectivity index (χ0n) is 12.4. The molecule has 128 valence electrons. The quantitative estimate of drug-likeness (QED) is 0.291. The van der Waals surface area contributed by atoms with E-state index in [2.05, 4.69) is 22.0 Å². The predicted octanol–water partition coefficient (Wildman–Crippen LogP) is 0.561. The minimum absolute atomic E-state index is 0.0110. The van der Waals surface area contributed by atoms with Crippen molar-refractivity contribution in [1.29, 1.82) is 0 Å². The number of nitrogens with one attached hydrogen (secondary N) is 1. The van der Waals surface area contributed by atoms with Crippen LogP contribution < -0.4 is 5.14 Å². The summed E-state index contributed by atoms with van der Waals surface area (Å²) in [6.45, 7) is 2.53. The van der Waals surface area contributed by atoms with Crippen LogP contribution in [0.4, 0.5) is 0 Å². The topological polar surface area (TPSA) is 156 Å². The summed E-state index contributed by atoms with van der Waals surface area (Å²) in [6, 6.07) is 0. The van der Waals surface area contributed by atoms with Gasteiger partial charge in [-0.2, -0.15) is 8.42 Å². The summed E-state index contributed by atoms with van der Waals surface area (Å²) in [7, 11) is -4.17. The Hall–Kier alpha value is -1.49. The predicted molar refractivity (Wildman–Crippen MR) is 78.9 cm³/mol. The van der Waals surface area contributed by atoms with Crippen LogP contribution in [0.3, 0.4) is 0 Å². The van der Waals surface area contributed by atoms with Gasteiger partial charge in [-0.1, -0.05) is 26.2 Å². The van der Waals surface area contributed by atoms with Gasteiger partial charge >= 0.3 is 10.3 Å². The zero-order valence-corrected chi connectivity index (χ0v) is 13.2. The van der Waals surface area contributed by atoms with Gasteiger partial charge in [0.1, 0.15) is 5.82 Å². The molecule has 1 rings (SSSR count). The Labute approximate surface area is 129 Å². The molecule has 0 fully saturated rings. The van der Waals surface area contributed by atoms with Crippen molar-refractivity contribution in [2.75, 3.05) is 6.61 Å². The Morgan fingerprint density at radius 2 is 2.14 bits per heavy atom. The first-order chi connectivity index (χ1) is 10.3. The minimum Gasteiger partial charge on any atom is -0.456 e. The van der Waals surface area contributed by atoms with Crippen LogP contribution in [-0.4, -0.2) is 41.1 Å². The number of H-pyrrole nitrogens is 1. The van der Waals surface area contributed by atoms with Crippen LogP contribution in [0.15, 0.2) is 12.4 Å². The van der Waals surface area contributed by atoms with Gasteiger partial charge in [0.25, 0.3) is 6.47 Å². The third-order valence-electron chi connectivity index (χ3n) is 2.83. The van der Waals surface area contributed by atoms with Crippen molar-refractivity contribution in [2.24, 2.45) is 11.1 Å². The molecule has 0 saturated heterocycles. The van der Waals surface area contributed by atoms with Crippen LogP contribution in [0.25, 0.3) is 0 Å². The Morgan fingerprint density at radius 1 is 1.50 bits per heavy atom. The maximum atomic E-state index is 10.5. The number of aliphatic hydroxyl groups is 1. The summed E-state index contributed by atoms with van der Waals surface area (Å²) in [5.41, 5.74) is 0. The van der Waals surface area contributed by atoms with Gasteiger partial charge in [-0.25, -0.2) is 10.1 Å². The molecule has 10 heteroatoms. The summed E-state index contributed by atoms with van der Waals surface area (Å²) in [5, 5.41) is 13.3. The second-order valence-corrected chi connectivity index (χ2v) is 5.61. The Bertz CT molecular complexity index is 483. The molecular weight excluding hydrogens is 314 g/mol. The normalized spacial score (nSPS) is 13.6. The summed E-state index contributed by atoms with van der Waals surface area (Å²) >= 11 is 0. The van der Waals surface area contributed by atoms with Crippen molar-refractivity contribution in [3.63, 3.8) is 0 Å². The highest BCUT2D eigenvalue weighted by atomic mass is 32.2. The van der Waals surface area contributed by atoms with Gasteiger partial charge in [0.15, 0.2) is 6.10 Å². The maximum absolute atomic E-state index is 10.5. The van der Waals surface area contributed by atoms with E-state index in [0.717, 1.165) is 25.7 Å². The fraction of sp³-hybridized carbons (Fsp3) is 0.667. The van der Waals surface area contributed by atoms with Crippen molar-refractivity contribution in [2.45, 2.75) is 38.7 Å². The number of ether oxygens (including phenoxy) is 1. The molecule has 2 atom stereocenters. The number of hydrogen-bond donors (Lipinski definition) is 4. The molecule has 0 aromatic carbocycles. The highest BCUT2D eigenvalue weighted by molar-refractivity contribution is 7.83. The van der Waals surface area contributed by atoms with Crippen molar-refractivity contribution < 1.29 is 27.6 Å². The van der Waals surface area contributed by atoms with E-state index in [-0.39, 0.29) is 12.5 Å². The third kappa shape index (κ3) is 10.3. The van der Waals surface area contributed by atoms with E-state index in [1.54, 1.807) is 12.4 Å². The molecule has 0 radical (unpaired) electrons. The van der Waals surface area contributed by atoms with Crippen LogP contribution in [0, 0.1) is 5.92 Å². The summed E-state index contributed by atoms with van der Waals surface area (Å²) in [6.07, 6.45) is 6.88. The van der Waals surface area contributed by atoms with E-state index in [1.807, 2.05) is 0 Å². The smallest absolute Gasteiger partial charge is 0.330 e. The van der Waals surface area contributed by atoms with E-state index in [1.165, 1.54) is 0 Å². The van der Waals surface area contributed by atoms with E-state index in [4.69, 9.17) is 17.7 Å². The lowest BCUT2D eigenvalue weighted by Crippen LogP contribution is -2.20. The first-order valence-electron chi connectivity index (χ1n) is 6.77. The van der Waals surface area contributed by atoms with Crippen LogP contribution in [0.2, 0.25) is 0 Å². The monoisotopic (exact) mass is 337 g/mol. The minimum atomic E-state index is -4.17. The van der Waals surface area contributed by atoms with Crippen molar-refractivity contribution in [3.05, 3.63) is 18.2 Å². The summed E-state index contributed by atoms with van der Waals surface area (Å²) in [5.74, 6) is 0.491. The third-order valence-corrected chi connectivity index (χ3v) is 2.83. The lowest BCUT2D eigenvalue weighted by atomic mass is 9.95. The molecule has 0 aliphatic carbocycles. The highest BCUT2D eigenvalue weighted by Crippen LogP contribution is 2.27. The van der Waals surface area contributed by atoms with Crippen LogP contribution in [-0.2, 0) is 19.8 Å². The average molecular weight is 337 g/mol. The van der Waals surface area contributed by atoms with Crippen LogP contribution in [0.1, 0.15) is 44.5 Å². The second kappa shape index (κ2) is 11.1. The van der Waals surface area contributed by atoms with Crippen molar-refractivity contribution in [1.82, 2.24) is 9.97 Å². The van der Waals surface area contributed by atoms with Gasteiger partial charge in [0, 0.05) is 24.9 Å². The van der Waals surface area contributed by atoms with Gasteiger partial charge in [0.05, 0.1) is 0 Å². The fourth-order valence-corrected chi connectivity index (χ4v) is 1.89. The zero-order chi connectivity index (χ0) is 17.0. The number of carbonyl (C=O) groups excluding carboxylic acids is 1. The van der Waals surface area contributed by atoms with E-state index in [9.17, 15) is 9.90 Å². The number of aliphatic hydroxyl groups excluding tert-OH is 1. The standard InChI is InChI=1S/C12H20N2O3.H3NO3S/c1-2-3-4-5-10(8-15)11(17-9-16)12-13-6-7-14-12;1-5(2,3)4/h6-7,9-11,15H,2-5,8H2,1H3,(H,13,14);(H3,1,2,3,4). The Kier molecular flexibility index (Phi) is 10.4. The highest BCUT2D eigenvalue weighted by Gasteiger charge is 2.25. The van der Waals surface area contributed by atoms with Gasteiger partial charge in [-0.15, -0.1) is 0 Å². The molecule has 0 amide bonds. The molecule has 1 aromatic rings. The van der Waals surface area contributed by atoms with E-state index < -0.39 is 16.4 Å². The van der Waals surface area contributed by atoms with Crippen LogP contribution in [0.5, 0.6) is 0 Å². The Morgan fingerprint density at radius 3 is 2.55 bits per heavy atom. The number of unbranched alkanes of at least 4 members (excludes halogenated alkanes) is 2. The second-order valence-electron chi connectivity index (χ2n) is 4.58. The number of carbonyl (C=O) groups is 1. The molecule has 0 spiro atoms. The van der Waals surface area contributed by atoms with E-state index >= 15 is 0 Å². The fourth-order valence-electron chi connectivity index (χ4n) is 1.89. The van der Waals surface area contributed by atoms with Gasteiger partial charge in [-0.05, 0) is 6.42 Å². The van der Waals surface area contributed by atoms with Gasteiger partial charge in [0.2, 0.25) is 0 Å². The molecule has 0 bridgehead atoms. The van der Waals surface area contributed by atoms with Crippen LogP contribution >= 0.6 is 0 Å². The number of imidazole rings is 1. The molecule has 22 heavy (non-hydrogen) atoms. The van der Waals surface area contributed by atoms with Gasteiger partial charge in [-0.3, -0.25) is 9.35 Å². The number of hydrogen-bond acceptors (Lipinski definition) is 6. The molecule has 9 nitrogen and oxygen atoms in total. The summed E-state index contributed by atoms with van der Waals surface area (Å²) in [4.78, 5) is 17.5. The SMILES string of the molecule is CCCCCC(CO)C(OC=O)c1ncc[nH]1.NS(=O)(=O)O. The molecular formula is C12H23N3O6S. The first kappa shape index (κ1) is 20.5. The largest absolute Gasteiger partial charge is 0.456 e. The molecule has 1 heterocycles. The number of aromatic nitrogens is 2. The lowest BCUT2D eigenvalue weighted by molar-refractivity contribution is -0.138. The molecule has 0 aliphatic rings. The molecule has 1 aromatic heterocycles. The average Bonchev–Trinajstić information content (AvgIpc) is 2.94. The maximum Gasteiger partial charge on any atom is 0.330 e. The molecule has 2 unspecified atom stereocenters. The number of nitrogens with zero attached hydrogens (tertiary/aromatic N) is 1. The number of nitrogens with two attached hydrogens (primary N) is 1. The molecule has 0 aliphatic heterocycles. The molecule has 5 N–H and O–H groups in total. The van der Waals surface area contributed by atoms with Gasteiger partial charge < -0.3 is 14.8 Å². The Balaban J connectivity index is 0.000000763. The lowest BCUT2D eigenvalue weighted by Gasteiger charge is -2.22. The van der Waals surface area contributed by atoms with Crippen molar-refractivity contribution in [3.8, 4) is 0 Å². The molecule has 0 saturated carbocycles. The summed E-state index contributed by atoms with van der Waals surface area (Å²) < 4.78 is 30.2. The van der Waals surface area contributed by atoms with Crippen molar-refractivity contribution >= 4 is 16.8 Å². The first-order valence-corrected chi connectivity index (χ1v) is 8.28.